The van der Waals surface area contributed by atoms with Gasteiger partial charge in [0.05, 0.1) is 0 Å². The minimum Gasteiger partial charge on any atom is -0.356 e. The van der Waals surface area contributed by atoms with E-state index in [4.69, 9.17) is 0 Å². The molecular formula is C20H37N5O2. The Labute approximate surface area is 163 Å². The second-order valence-corrected chi connectivity index (χ2v) is 8.09. The number of guanidine groups is 1. The summed E-state index contributed by atoms with van der Waals surface area (Å²) in [6, 6.07) is 0.606. The van der Waals surface area contributed by atoms with Crippen LogP contribution in [0, 0.1) is 5.92 Å². The van der Waals surface area contributed by atoms with Crippen molar-refractivity contribution < 1.29 is 9.59 Å². The SMILES string of the molecule is CN=C(NCCCCCC(=O)N1CCN(C(=O)CC(C)C)CC1)NC1CC1. The Balaban J connectivity index is 1.51. The standard InChI is InChI=1S/C20H37N5O2/c1-16(2)15-19(27)25-13-11-24(12-14-25)18(26)7-5-4-6-10-22-20(21-3)23-17-8-9-17/h16-17H,4-15H2,1-3H3,(H2,21,22,23). The van der Waals surface area contributed by atoms with Crippen LogP contribution in [0.25, 0.3) is 0 Å². The largest absolute Gasteiger partial charge is 0.356 e. The lowest BCUT2D eigenvalue weighted by Crippen LogP contribution is -2.50. The van der Waals surface area contributed by atoms with Gasteiger partial charge in [-0.25, -0.2) is 0 Å². The highest BCUT2D eigenvalue weighted by Crippen LogP contribution is 2.18. The van der Waals surface area contributed by atoms with Crippen molar-refractivity contribution in [1.29, 1.82) is 0 Å². The highest BCUT2D eigenvalue weighted by atomic mass is 16.2. The fourth-order valence-corrected chi connectivity index (χ4v) is 3.24. The van der Waals surface area contributed by atoms with Crippen molar-refractivity contribution in [3.63, 3.8) is 0 Å². The van der Waals surface area contributed by atoms with Gasteiger partial charge in [0.1, 0.15) is 0 Å². The van der Waals surface area contributed by atoms with Gasteiger partial charge in [-0.05, 0) is 31.6 Å². The lowest BCUT2D eigenvalue weighted by Gasteiger charge is -2.35. The Kier molecular flexibility index (Phi) is 8.88. The molecular weight excluding hydrogens is 342 g/mol. The molecule has 27 heavy (non-hydrogen) atoms. The lowest BCUT2D eigenvalue weighted by atomic mass is 10.1. The molecule has 154 valence electrons. The Morgan fingerprint density at radius 3 is 2.19 bits per heavy atom. The summed E-state index contributed by atoms with van der Waals surface area (Å²) >= 11 is 0. The van der Waals surface area contributed by atoms with Crippen LogP contribution < -0.4 is 10.6 Å². The Morgan fingerprint density at radius 2 is 1.63 bits per heavy atom. The van der Waals surface area contributed by atoms with E-state index in [1.165, 1.54) is 12.8 Å². The van der Waals surface area contributed by atoms with Crippen molar-refractivity contribution in [3.05, 3.63) is 0 Å². The fraction of sp³-hybridized carbons (Fsp3) is 0.850. The average molecular weight is 380 g/mol. The Morgan fingerprint density at radius 1 is 1.00 bits per heavy atom. The molecule has 0 bridgehead atoms. The van der Waals surface area contributed by atoms with E-state index in [-0.39, 0.29) is 11.8 Å². The zero-order chi connectivity index (χ0) is 19.6. The first-order valence-electron chi connectivity index (χ1n) is 10.5. The number of unbranched alkanes of at least 4 members (excludes halogenated alkanes) is 2. The third-order valence-corrected chi connectivity index (χ3v) is 5.07. The van der Waals surface area contributed by atoms with E-state index in [0.717, 1.165) is 31.8 Å². The van der Waals surface area contributed by atoms with Gasteiger partial charge in [-0.2, -0.15) is 0 Å². The molecule has 0 unspecified atom stereocenters. The third-order valence-electron chi connectivity index (χ3n) is 5.07. The minimum atomic E-state index is 0.218. The van der Waals surface area contributed by atoms with Gasteiger partial charge in [0.2, 0.25) is 11.8 Å². The number of hydrogen-bond donors (Lipinski definition) is 2. The average Bonchev–Trinajstić information content (AvgIpc) is 3.47. The molecule has 1 heterocycles. The number of nitrogens with zero attached hydrogens (tertiary/aromatic N) is 3. The molecule has 0 aromatic carbocycles. The number of carbonyl (C=O) groups excluding carboxylic acids is 2. The van der Waals surface area contributed by atoms with Crippen LogP contribution in [0.2, 0.25) is 0 Å². The Bertz CT molecular complexity index is 509. The summed E-state index contributed by atoms with van der Waals surface area (Å²) in [6.45, 7) is 7.71. The van der Waals surface area contributed by atoms with Crippen LogP contribution in [-0.4, -0.2) is 73.4 Å². The van der Waals surface area contributed by atoms with Crippen molar-refractivity contribution >= 4 is 17.8 Å². The molecule has 1 aliphatic heterocycles. The van der Waals surface area contributed by atoms with Gasteiger partial charge in [-0.3, -0.25) is 14.6 Å². The number of piperazine rings is 1. The predicted molar refractivity (Wildman–Crippen MR) is 109 cm³/mol. The van der Waals surface area contributed by atoms with Crippen molar-refractivity contribution in [2.75, 3.05) is 39.8 Å². The number of nitrogens with one attached hydrogen (secondary N) is 2. The van der Waals surface area contributed by atoms with Crippen molar-refractivity contribution in [1.82, 2.24) is 20.4 Å². The van der Waals surface area contributed by atoms with Crippen molar-refractivity contribution in [2.24, 2.45) is 10.9 Å². The zero-order valence-electron chi connectivity index (χ0n) is 17.3. The predicted octanol–water partition coefficient (Wildman–Crippen LogP) is 1.59. The molecule has 2 aliphatic rings. The highest BCUT2D eigenvalue weighted by molar-refractivity contribution is 5.80. The fourth-order valence-electron chi connectivity index (χ4n) is 3.24. The maximum absolute atomic E-state index is 12.3. The van der Waals surface area contributed by atoms with E-state index in [1.807, 2.05) is 9.80 Å². The van der Waals surface area contributed by atoms with Crippen LogP contribution in [0.3, 0.4) is 0 Å². The van der Waals surface area contributed by atoms with E-state index in [0.29, 0.717) is 51.0 Å². The molecule has 1 saturated heterocycles. The number of rotatable bonds is 9. The van der Waals surface area contributed by atoms with Crippen LogP contribution in [-0.2, 0) is 9.59 Å². The van der Waals surface area contributed by atoms with Crippen LogP contribution >= 0.6 is 0 Å². The van der Waals surface area contributed by atoms with Crippen molar-refractivity contribution in [3.8, 4) is 0 Å². The first-order valence-corrected chi connectivity index (χ1v) is 10.5. The van der Waals surface area contributed by atoms with Gasteiger partial charge >= 0.3 is 0 Å². The number of aliphatic imine (C=N–C) groups is 1. The molecule has 7 nitrogen and oxygen atoms in total. The molecule has 2 amide bonds. The molecule has 0 aromatic rings. The second-order valence-electron chi connectivity index (χ2n) is 8.09. The molecule has 0 atom stereocenters. The van der Waals surface area contributed by atoms with Gasteiger partial charge in [0, 0.05) is 58.7 Å². The van der Waals surface area contributed by atoms with Gasteiger partial charge in [-0.15, -0.1) is 0 Å². The maximum atomic E-state index is 12.3. The smallest absolute Gasteiger partial charge is 0.222 e. The normalized spacial score (nSPS) is 18.0. The first-order chi connectivity index (χ1) is 13.0. The summed E-state index contributed by atoms with van der Waals surface area (Å²) in [5, 5.41) is 6.69. The molecule has 1 aliphatic carbocycles. The van der Waals surface area contributed by atoms with E-state index in [9.17, 15) is 9.59 Å². The monoisotopic (exact) mass is 379 g/mol. The van der Waals surface area contributed by atoms with Gasteiger partial charge in [-0.1, -0.05) is 20.3 Å². The van der Waals surface area contributed by atoms with Gasteiger partial charge in [0.15, 0.2) is 5.96 Å². The molecule has 0 aromatic heterocycles. The molecule has 7 heteroatoms. The summed E-state index contributed by atoms with van der Waals surface area (Å²) in [5.74, 6) is 1.72. The molecule has 2 fully saturated rings. The molecule has 1 saturated carbocycles. The summed E-state index contributed by atoms with van der Waals surface area (Å²) in [4.78, 5) is 32.5. The second kappa shape index (κ2) is 11.1. The lowest BCUT2D eigenvalue weighted by molar-refractivity contribution is -0.140. The molecule has 2 N–H and O–H groups in total. The summed E-state index contributed by atoms with van der Waals surface area (Å²) < 4.78 is 0. The first kappa shape index (κ1) is 21.5. The van der Waals surface area contributed by atoms with Gasteiger partial charge < -0.3 is 20.4 Å². The van der Waals surface area contributed by atoms with E-state index in [2.05, 4.69) is 29.5 Å². The minimum absolute atomic E-state index is 0.218. The summed E-state index contributed by atoms with van der Waals surface area (Å²) in [6.07, 6.45) is 6.67. The quantitative estimate of drug-likeness (QED) is 0.362. The topological polar surface area (TPSA) is 77.0 Å². The number of carbonyl (C=O) groups is 2. The number of amides is 2. The van der Waals surface area contributed by atoms with Crippen LogP contribution in [0.5, 0.6) is 0 Å². The Hall–Kier alpha value is -1.79. The van der Waals surface area contributed by atoms with E-state index in [1.54, 1.807) is 7.05 Å². The van der Waals surface area contributed by atoms with Crippen molar-refractivity contribution in [2.45, 2.75) is 64.8 Å². The zero-order valence-corrected chi connectivity index (χ0v) is 17.3. The molecule has 0 radical (unpaired) electrons. The third kappa shape index (κ3) is 8.18. The van der Waals surface area contributed by atoms with Gasteiger partial charge in [0.25, 0.3) is 0 Å². The highest BCUT2D eigenvalue weighted by Gasteiger charge is 2.24. The number of hydrogen-bond acceptors (Lipinski definition) is 3. The maximum Gasteiger partial charge on any atom is 0.222 e. The molecule has 2 rings (SSSR count). The van der Waals surface area contributed by atoms with Crippen LogP contribution in [0.4, 0.5) is 0 Å². The van der Waals surface area contributed by atoms with Crippen LogP contribution in [0.15, 0.2) is 4.99 Å². The van der Waals surface area contributed by atoms with E-state index < -0.39 is 0 Å². The molecule has 0 spiro atoms. The summed E-state index contributed by atoms with van der Waals surface area (Å²) in [5.41, 5.74) is 0. The summed E-state index contributed by atoms with van der Waals surface area (Å²) in [7, 11) is 1.80. The van der Waals surface area contributed by atoms with E-state index >= 15 is 0 Å². The van der Waals surface area contributed by atoms with Crippen LogP contribution in [0.1, 0.15) is 58.8 Å².